The molecule has 1 atom stereocenters. The summed E-state index contributed by atoms with van der Waals surface area (Å²) in [6.45, 7) is 1.99. The third kappa shape index (κ3) is 4.23. The highest BCUT2D eigenvalue weighted by Gasteiger charge is 2.46. The van der Waals surface area contributed by atoms with Gasteiger partial charge in [0.1, 0.15) is 5.25 Å². The summed E-state index contributed by atoms with van der Waals surface area (Å²) in [4.78, 5) is 31.7. The van der Waals surface area contributed by atoms with Gasteiger partial charge in [0, 0.05) is 18.2 Å². The van der Waals surface area contributed by atoms with E-state index in [1.54, 1.807) is 11.0 Å². The Kier molecular flexibility index (Phi) is 5.42. The average Bonchev–Trinajstić information content (AvgIpc) is 3.45. The number of anilines is 1. The average molecular weight is 414 g/mol. The van der Waals surface area contributed by atoms with Gasteiger partial charge in [-0.3, -0.25) is 14.5 Å². The SMILES string of the molecule is Cc1ccc(NC(=O)C[C@H]2SC(=Nc3ccccc3Cl)N(C3CC3)C2=O)cc1. The Hall–Kier alpha value is -2.31. The van der Waals surface area contributed by atoms with E-state index in [4.69, 9.17) is 11.6 Å². The van der Waals surface area contributed by atoms with Crippen LogP contribution in [0.1, 0.15) is 24.8 Å². The number of aliphatic imine (C=N–C) groups is 1. The number of para-hydroxylation sites is 1. The Labute approximate surface area is 173 Å². The number of aryl methyl sites for hydroxylation is 1. The van der Waals surface area contributed by atoms with Crippen LogP contribution in [-0.4, -0.2) is 33.2 Å². The van der Waals surface area contributed by atoms with Crippen molar-refractivity contribution in [3.05, 3.63) is 59.1 Å². The fourth-order valence-electron chi connectivity index (χ4n) is 3.02. The number of amidine groups is 1. The molecule has 1 saturated heterocycles. The molecule has 7 heteroatoms. The summed E-state index contributed by atoms with van der Waals surface area (Å²) in [6, 6.07) is 15.1. The molecule has 1 heterocycles. The summed E-state index contributed by atoms with van der Waals surface area (Å²) < 4.78 is 0. The maximum atomic E-state index is 12.9. The van der Waals surface area contributed by atoms with E-state index >= 15 is 0 Å². The van der Waals surface area contributed by atoms with Crippen LogP contribution in [-0.2, 0) is 9.59 Å². The highest BCUT2D eigenvalue weighted by molar-refractivity contribution is 8.15. The Morgan fingerprint density at radius 3 is 2.61 bits per heavy atom. The van der Waals surface area contributed by atoms with Gasteiger partial charge in [0.15, 0.2) is 5.17 Å². The zero-order valence-electron chi connectivity index (χ0n) is 15.4. The number of carbonyl (C=O) groups excluding carboxylic acids is 2. The van der Waals surface area contributed by atoms with Crippen molar-refractivity contribution in [1.29, 1.82) is 0 Å². The molecule has 0 spiro atoms. The Morgan fingerprint density at radius 2 is 1.93 bits per heavy atom. The van der Waals surface area contributed by atoms with E-state index in [0.29, 0.717) is 15.9 Å². The molecule has 1 saturated carbocycles. The molecule has 2 aromatic rings. The second-order valence-electron chi connectivity index (χ2n) is 7.01. The predicted molar refractivity (Wildman–Crippen MR) is 114 cm³/mol. The molecule has 1 N–H and O–H groups in total. The van der Waals surface area contributed by atoms with Gasteiger partial charge in [-0.15, -0.1) is 0 Å². The van der Waals surface area contributed by atoms with Crippen LogP contribution in [0.3, 0.4) is 0 Å². The van der Waals surface area contributed by atoms with Crippen LogP contribution in [0, 0.1) is 6.92 Å². The summed E-state index contributed by atoms with van der Waals surface area (Å²) in [5.74, 6) is -0.221. The van der Waals surface area contributed by atoms with Gasteiger partial charge in [-0.25, -0.2) is 4.99 Å². The molecule has 0 radical (unpaired) electrons. The lowest BCUT2D eigenvalue weighted by Gasteiger charge is -2.15. The lowest BCUT2D eigenvalue weighted by atomic mass is 10.2. The first kappa shape index (κ1) is 19.0. The molecule has 1 aliphatic heterocycles. The Bertz CT molecular complexity index is 941. The molecule has 0 bridgehead atoms. The van der Waals surface area contributed by atoms with Gasteiger partial charge in [-0.2, -0.15) is 0 Å². The number of thioether (sulfide) groups is 1. The molecule has 28 heavy (non-hydrogen) atoms. The molecule has 1 aliphatic carbocycles. The smallest absolute Gasteiger partial charge is 0.242 e. The van der Waals surface area contributed by atoms with Gasteiger partial charge < -0.3 is 5.32 Å². The lowest BCUT2D eigenvalue weighted by molar-refractivity contribution is -0.128. The first-order chi connectivity index (χ1) is 13.5. The standard InChI is InChI=1S/C21H20ClN3O2S/c1-13-6-8-14(9-7-13)23-19(26)12-18-20(27)25(15-10-11-15)21(28-18)24-17-5-3-2-4-16(17)22/h2-9,15,18H,10-12H2,1H3,(H,23,26)/t18-/m1/s1. The third-order valence-electron chi connectivity index (χ3n) is 4.65. The van der Waals surface area contributed by atoms with Crippen molar-refractivity contribution in [2.75, 3.05) is 5.32 Å². The van der Waals surface area contributed by atoms with Crippen LogP contribution in [0.25, 0.3) is 0 Å². The van der Waals surface area contributed by atoms with Gasteiger partial charge in [-0.05, 0) is 44.0 Å². The number of nitrogens with zero attached hydrogens (tertiary/aromatic N) is 2. The molecule has 5 nitrogen and oxygen atoms in total. The van der Waals surface area contributed by atoms with Gasteiger partial charge in [0.2, 0.25) is 11.8 Å². The van der Waals surface area contributed by atoms with E-state index in [-0.39, 0.29) is 24.3 Å². The summed E-state index contributed by atoms with van der Waals surface area (Å²) in [6.07, 6.45) is 2.05. The number of hydrogen-bond acceptors (Lipinski definition) is 4. The Balaban J connectivity index is 1.49. The van der Waals surface area contributed by atoms with E-state index in [2.05, 4.69) is 10.3 Å². The molecule has 0 unspecified atom stereocenters. The van der Waals surface area contributed by atoms with Crippen molar-refractivity contribution in [3.8, 4) is 0 Å². The number of carbonyl (C=O) groups is 2. The second kappa shape index (κ2) is 7.97. The summed E-state index contributed by atoms with van der Waals surface area (Å²) in [7, 11) is 0. The lowest BCUT2D eigenvalue weighted by Crippen LogP contribution is -2.35. The van der Waals surface area contributed by atoms with E-state index in [0.717, 1.165) is 24.1 Å². The van der Waals surface area contributed by atoms with Crippen LogP contribution in [0.4, 0.5) is 11.4 Å². The van der Waals surface area contributed by atoms with Crippen molar-refractivity contribution >= 4 is 51.7 Å². The minimum absolute atomic E-state index is 0.0441. The van der Waals surface area contributed by atoms with Gasteiger partial charge in [0.05, 0.1) is 10.7 Å². The highest BCUT2D eigenvalue weighted by Crippen LogP contribution is 2.40. The molecule has 2 aromatic carbocycles. The van der Waals surface area contributed by atoms with Gasteiger partial charge in [0.25, 0.3) is 0 Å². The van der Waals surface area contributed by atoms with Gasteiger partial charge >= 0.3 is 0 Å². The quantitative estimate of drug-likeness (QED) is 0.767. The van der Waals surface area contributed by atoms with Crippen molar-refractivity contribution in [2.24, 2.45) is 4.99 Å². The van der Waals surface area contributed by atoms with Crippen molar-refractivity contribution in [3.63, 3.8) is 0 Å². The fourth-order valence-corrected chi connectivity index (χ4v) is 4.41. The van der Waals surface area contributed by atoms with Crippen LogP contribution in [0.15, 0.2) is 53.5 Å². The fraction of sp³-hybridized carbons (Fsp3) is 0.286. The molecule has 2 fully saturated rings. The summed E-state index contributed by atoms with van der Waals surface area (Å²) >= 11 is 7.57. The second-order valence-corrected chi connectivity index (χ2v) is 8.59. The number of hydrogen-bond donors (Lipinski definition) is 1. The number of nitrogens with one attached hydrogen (secondary N) is 1. The molecule has 2 aliphatic rings. The number of halogens is 1. The predicted octanol–water partition coefficient (Wildman–Crippen LogP) is 4.77. The number of amides is 2. The van der Waals surface area contributed by atoms with Gasteiger partial charge in [-0.1, -0.05) is 53.2 Å². The molecule has 2 amide bonds. The van der Waals surface area contributed by atoms with E-state index in [1.165, 1.54) is 11.8 Å². The molecular formula is C21H20ClN3O2S. The first-order valence-corrected chi connectivity index (χ1v) is 10.5. The van der Waals surface area contributed by atoms with Crippen LogP contribution in [0.5, 0.6) is 0 Å². The van der Waals surface area contributed by atoms with Crippen molar-refractivity contribution in [2.45, 2.75) is 37.5 Å². The zero-order chi connectivity index (χ0) is 19.7. The highest BCUT2D eigenvalue weighted by atomic mass is 35.5. The molecular weight excluding hydrogens is 394 g/mol. The maximum Gasteiger partial charge on any atom is 0.242 e. The normalized spacial score (nSPS) is 20.6. The van der Waals surface area contributed by atoms with Crippen molar-refractivity contribution < 1.29 is 9.59 Å². The molecule has 0 aromatic heterocycles. The largest absolute Gasteiger partial charge is 0.326 e. The van der Waals surface area contributed by atoms with E-state index in [9.17, 15) is 9.59 Å². The first-order valence-electron chi connectivity index (χ1n) is 9.21. The van der Waals surface area contributed by atoms with Crippen LogP contribution >= 0.6 is 23.4 Å². The molecule has 4 rings (SSSR count). The monoisotopic (exact) mass is 413 g/mol. The summed E-state index contributed by atoms with van der Waals surface area (Å²) in [5.41, 5.74) is 2.49. The third-order valence-corrected chi connectivity index (χ3v) is 6.12. The minimum Gasteiger partial charge on any atom is -0.326 e. The maximum absolute atomic E-state index is 12.9. The molecule has 144 valence electrons. The van der Waals surface area contributed by atoms with E-state index in [1.807, 2.05) is 49.4 Å². The minimum atomic E-state index is -0.465. The topological polar surface area (TPSA) is 61.8 Å². The summed E-state index contributed by atoms with van der Waals surface area (Å²) in [5, 5.41) is 3.57. The number of rotatable bonds is 5. The zero-order valence-corrected chi connectivity index (χ0v) is 17.0. The van der Waals surface area contributed by atoms with Crippen LogP contribution in [0.2, 0.25) is 5.02 Å². The number of benzene rings is 2. The van der Waals surface area contributed by atoms with Crippen LogP contribution < -0.4 is 5.32 Å². The van der Waals surface area contributed by atoms with Crippen molar-refractivity contribution in [1.82, 2.24) is 4.90 Å². The Morgan fingerprint density at radius 1 is 1.21 bits per heavy atom. The van der Waals surface area contributed by atoms with E-state index < -0.39 is 5.25 Å².